The van der Waals surface area contributed by atoms with Gasteiger partial charge in [0, 0.05) is 18.3 Å². The molecule has 0 aromatic heterocycles. The topological polar surface area (TPSA) is 83.8 Å². The van der Waals surface area contributed by atoms with E-state index in [1.807, 2.05) is 0 Å². The van der Waals surface area contributed by atoms with Crippen LogP contribution in [0.25, 0.3) is 0 Å². The van der Waals surface area contributed by atoms with Crippen LogP contribution in [0.2, 0.25) is 0 Å². The van der Waals surface area contributed by atoms with Gasteiger partial charge in [0.1, 0.15) is 5.78 Å². The van der Waals surface area contributed by atoms with Gasteiger partial charge in [0.15, 0.2) is 0 Å². The Morgan fingerprint density at radius 3 is 2.38 bits per heavy atom. The first kappa shape index (κ1) is 19.8. The number of methoxy groups -OCH3 is 1. The monoisotopic (exact) mass is 366 g/mol. The first-order chi connectivity index (χ1) is 12.5. The second kappa shape index (κ2) is 8.83. The summed E-state index contributed by atoms with van der Waals surface area (Å²) >= 11 is 0. The van der Waals surface area contributed by atoms with Crippen molar-refractivity contribution in [1.29, 1.82) is 0 Å². The first-order valence-electron chi connectivity index (χ1n) is 10.5. The molecule has 0 aliphatic heterocycles. The molecule has 3 aliphatic carbocycles. The Morgan fingerprint density at radius 1 is 0.962 bits per heavy atom. The molecular formula is C21H34O5. The zero-order chi connectivity index (χ0) is 18.7. The number of hydrogen-bond donors (Lipinski definition) is 2. The molecule has 0 spiro atoms. The van der Waals surface area contributed by atoms with E-state index in [1.165, 1.54) is 7.11 Å². The smallest absolute Gasteiger partial charge is 0.305 e. The fraction of sp³-hybridized carbons (Fsp3) is 0.905. The van der Waals surface area contributed by atoms with E-state index >= 15 is 0 Å². The summed E-state index contributed by atoms with van der Waals surface area (Å²) in [6, 6.07) is 0. The highest BCUT2D eigenvalue weighted by molar-refractivity contribution is 5.85. The molecule has 0 radical (unpaired) electrons. The molecule has 2 bridgehead atoms. The third-order valence-corrected chi connectivity index (χ3v) is 7.25. The van der Waals surface area contributed by atoms with Crippen molar-refractivity contribution in [2.75, 3.05) is 7.11 Å². The minimum absolute atomic E-state index is 0.0504. The largest absolute Gasteiger partial charge is 0.469 e. The first-order valence-corrected chi connectivity index (χ1v) is 10.5. The highest BCUT2D eigenvalue weighted by Crippen LogP contribution is 2.51. The molecule has 0 heterocycles. The van der Waals surface area contributed by atoms with Gasteiger partial charge in [-0.3, -0.25) is 9.59 Å². The Bertz CT molecular complexity index is 503. The molecule has 0 amide bonds. The molecule has 3 fully saturated rings. The van der Waals surface area contributed by atoms with Gasteiger partial charge in [-0.05, 0) is 62.7 Å². The van der Waals surface area contributed by atoms with Crippen LogP contribution in [0, 0.1) is 29.6 Å². The number of carbonyl (C=O) groups excluding carboxylic acids is 2. The summed E-state index contributed by atoms with van der Waals surface area (Å²) in [5.74, 6) is 0.580. The standard InChI is InChI=1S/C21H34O5/c1-26-18(23)7-5-3-2-4-6-15-16(10-11-17(15)22)21(25)19-13-8-9-14(12-13)20(19)24/h13-17,19-20,22,24H,2-12H2,1H3/t13-,14+,15+,16-,17-,19+,20-/m0/s1. The zero-order valence-electron chi connectivity index (χ0n) is 15.9. The van der Waals surface area contributed by atoms with Crippen LogP contribution in [-0.2, 0) is 14.3 Å². The number of esters is 1. The van der Waals surface area contributed by atoms with E-state index in [2.05, 4.69) is 4.74 Å². The van der Waals surface area contributed by atoms with Crippen LogP contribution >= 0.6 is 0 Å². The Kier molecular flexibility index (Phi) is 6.73. The molecule has 0 aromatic carbocycles. The van der Waals surface area contributed by atoms with Gasteiger partial charge >= 0.3 is 5.97 Å². The predicted octanol–water partition coefficient (Wildman–Crippen LogP) is 2.86. The molecule has 5 heteroatoms. The number of carbonyl (C=O) groups is 2. The van der Waals surface area contributed by atoms with E-state index in [0.717, 1.165) is 57.8 Å². The molecule has 26 heavy (non-hydrogen) atoms. The van der Waals surface area contributed by atoms with Gasteiger partial charge in [0.05, 0.1) is 19.3 Å². The second-order valence-corrected chi connectivity index (χ2v) is 8.70. The lowest BCUT2D eigenvalue weighted by molar-refractivity contribution is -0.140. The summed E-state index contributed by atoms with van der Waals surface area (Å²) in [5.41, 5.74) is 0. The van der Waals surface area contributed by atoms with Gasteiger partial charge in [-0.1, -0.05) is 19.3 Å². The number of hydrogen-bond acceptors (Lipinski definition) is 5. The van der Waals surface area contributed by atoms with Gasteiger partial charge in [-0.2, -0.15) is 0 Å². The number of fused-ring (bicyclic) bond motifs is 2. The number of Topliss-reactive ketones (excluding diaryl/α,β-unsaturated/α-hetero) is 1. The lowest BCUT2D eigenvalue weighted by atomic mass is 9.75. The van der Waals surface area contributed by atoms with Crippen LogP contribution < -0.4 is 0 Å². The Balaban J connectivity index is 1.45. The van der Waals surface area contributed by atoms with Crippen LogP contribution in [0.3, 0.4) is 0 Å². The van der Waals surface area contributed by atoms with Crippen molar-refractivity contribution < 1.29 is 24.5 Å². The molecular weight excluding hydrogens is 332 g/mol. The summed E-state index contributed by atoms with van der Waals surface area (Å²) in [7, 11) is 1.41. The van der Waals surface area contributed by atoms with Crippen molar-refractivity contribution in [2.24, 2.45) is 29.6 Å². The lowest BCUT2D eigenvalue weighted by Gasteiger charge is -2.30. The van der Waals surface area contributed by atoms with Gasteiger partial charge in [0.25, 0.3) is 0 Å². The number of unbranched alkanes of at least 4 members (excludes halogenated alkanes) is 3. The fourth-order valence-electron chi connectivity index (χ4n) is 5.81. The quantitative estimate of drug-likeness (QED) is 0.484. The van der Waals surface area contributed by atoms with E-state index in [0.29, 0.717) is 24.7 Å². The van der Waals surface area contributed by atoms with Gasteiger partial charge in [-0.25, -0.2) is 0 Å². The second-order valence-electron chi connectivity index (χ2n) is 8.70. The molecule has 0 unspecified atom stereocenters. The molecule has 0 saturated heterocycles. The Hall–Kier alpha value is -0.940. The van der Waals surface area contributed by atoms with Crippen molar-refractivity contribution in [3.8, 4) is 0 Å². The Labute approximate surface area is 156 Å². The highest BCUT2D eigenvalue weighted by Gasteiger charge is 2.53. The summed E-state index contributed by atoms with van der Waals surface area (Å²) in [4.78, 5) is 24.2. The number of aliphatic hydroxyl groups is 2. The number of ketones is 1. The molecule has 7 atom stereocenters. The third kappa shape index (κ3) is 4.14. The van der Waals surface area contributed by atoms with Gasteiger partial charge < -0.3 is 14.9 Å². The predicted molar refractivity (Wildman–Crippen MR) is 97.3 cm³/mol. The van der Waals surface area contributed by atoms with Crippen LogP contribution in [0.1, 0.15) is 70.6 Å². The summed E-state index contributed by atoms with van der Waals surface area (Å²) < 4.78 is 4.64. The SMILES string of the molecule is COC(=O)CCCCCC[C@@H]1[C@@H](C(=O)[C@@H]2[C@H]3CC[C@H](C3)[C@@H]2O)CC[C@@H]1O. The molecule has 148 valence electrons. The van der Waals surface area contributed by atoms with E-state index in [1.54, 1.807) is 0 Å². The van der Waals surface area contributed by atoms with E-state index in [-0.39, 0.29) is 35.6 Å². The number of aliphatic hydroxyl groups excluding tert-OH is 2. The summed E-state index contributed by atoms with van der Waals surface area (Å²) in [6.45, 7) is 0. The van der Waals surface area contributed by atoms with E-state index < -0.39 is 6.10 Å². The zero-order valence-corrected chi connectivity index (χ0v) is 15.9. The maximum Gasteiger partial charge on any atom is 0.305 e. The lowest BCUT2D eigenvalue weighted by Crippen LogP contribution is -2.39. The van der Waals surface area contributed by atoms with Crippen molar-refractivity contribution >= 4 is 11.8 Å². The van der Waals surface area contributed by atoms with E-state index in [9.17, 15) is 19.8 Å². The highest BCUT2D eigenvalue weighted by atomic mass is 16.5. The van der Waals surface area contributed by atoms with Crippen LogP contribution in [-0.4, -0.2) is 41.3 Å². The van der Waals surface area contributed by atoms with Crippen LogP contribution in [0.5, 0.6) is 0 Å². The van der Waals surface area contributed by atoms with Crippen molar-refractivity contribution in [1.82, 2.24) is 0 Å². The molecule has 0 aromatic rings. The normalized spacial score (nSPS) is 38.7. The third-order valence-electron chi connectivity index (χ3n) is 7.25. The van der Waals surface area contributed by atoms with Crippen molar-refractivity contribution in [3.63, 3.8) is 0 Å². The maximum atomic E-state index is 13.1. The van der Waals surface area contributed by atoms with Gasteiger partial charge in [-0.15, -0.1) is 0 Å². The minimum Gasteiger partial charge on any atom is -0.469 e. The molecule has 2 N–H and O–H groups in total. The number of ether oxygens (including phenoxy) is 1. The maximum absolute atomic E-state index is 13.1. The van der Waals surface area contributed by atoms with E-state index in [4.69, 9.17) is 0 Å². The minimum atomic E-state index is -0.446. The summed E-state index contributed by atoms with van der Waals surface area (Å²) in [5, 5.41) is 20.9. The molecule has 5 nitrogen and oxygen atoms in total. The van der Waals surface area contributed by atoms with Gasteiger partial charge in [0.2, 0.25) is 0 Å². The van der Waals surface area contributed by atoms with Crippen molar-refractivity contribution in [3.05, 3.63) is 0 Å². The van der Waals surface area contributed by atoms with Crippen molar-refractivity contribution in [2.45, 2.75) is 82.8 Å². The average Bonchev–Trinajstić information content (AvgIpc) is 3.32. The number of rotatable bonds is 9. The molecule has 3 aliphatic rings. The molecule has 3 rings (SSSR count). The fourth-order valence-corrected chi connectivity index (χ4v) is 5.81. The van der Waals surface area contributed by atoms with Crippen LogP contribution in [0.4, 0.5) is 0 Å². The summed E-state index contributed by atoms with van der Waals surface area (Å²) in [6.07, 6.45) is 8.94. The molecule has 3 saturated carbocycles. The average molecular weight is 366 g/mol. The van der Waals surface area contributed by atoms with Crippen LogP contribution in [0.15, 0.2) is 0 Å². The Morgan fingerprint density at radius 2 is 1.69 bits per heavy atom.